The van der Waals surface area contributed by atoms with Crippen molar-refractivity contribution >= 4 is 5.69 Å². The van der Waals surface area contributed by atoms with Crippen LogP contribution in [0.15, 0.2) is 24.3 Å². The summed E-state index contributed by atoms with van der Waals surface area (Å²) in [7, 11) is 0. The highest BCUT2D eigenvalue weighted by Crippen LogP contribution is 2.27. The van der Waals surface area contributed by atoms with Gasteiger partial charge in [0.15, 0.2) is 0 Å². The number of rotatable bonds is 4. The number of nitrogens with zero attached hydrogens (tertiary/aromatic N) is 1. The quantitative estimate of drug-likeness (QED) is 0.905. The lowest BCUT2D eigenvalue weighted by Crippen LogP contribution is -2.42. The van der Waals surface area contributed by atoms with E-state index in [0.29, 0.717) is 18.5 Å². The Balaban J connectivity index is 2.10. The predicted molar refractivity (Wildman–Crippen MR) is 79.4 cm³/mol. The average Bonchev–Trinajstić information content (AvgIpc) is 2.58. The molecule has 1 N–H and O–H groups in total. The molecule has 0 aliphatic carbocycles. The van der Waals surface area contributed by atoms with Gasteiger partial charge in [0.2, 0.25) is 0 Å². The molecule has 1 aromatic rings. The van der Waals surface area contributed by atoms with E-state index in [-0.39, 0.29) is 6.42 Å². The third-order valence-corrected chi connectivity index (χ3v) is 4.00. The van der Waals surface area contributed by atoms with E-state index in [1.54, 1.807) is 0 Å². The molecule has 2 rings (SSSR count). The number of fused-ring (bicyclic) bond motifs is 1. The SMILES string of the molecule is CC(C)C1CN(CCCC(F)(F)F)c2ccccc2CN1. The monoisotopic (exact) mass is 300 g/mol. The Bertz CT molecular complexity index is 457. The van der Waals surface area contributed by atoms with Crippen LogP contribution in [0.4, 0.5) is 18.9 Å². The van der Waals surface area contributed by atoms with Crippen LogP contribution >= 0.6 is 0 Å². The van der Waals surface area contributed by atoms with Gasteiger partial charge in [-0.15, -0.1) is 0 Å². The highest BCUT2D eigenvalue weighted by Gasteiger charge is 2.28. The summed E-state index contributed by atoms with van der Waals surface area (Å²) in [5.41, 5.74) is 2.22. The van der Waals surface area contributed by atoms with E-state index in [9.17, 15) is 13.2 Å². The van der Waals surface area contributed by atoms with Gasteiger partial charge >= 0.3 is 6.18 Å². The largest absolute Gasteiger partial charge is 0.389 e. The minimum atomic E-state index is -4.07. The van der Waals surface area contributed by atoms with Crippen LogP contribution in [0.5, 0.6) is 0 Å². The van der Waals surface area contributed by atoms with Gasteiger partial charge in [-0.2, -0.15) is 13.2 Å². The molecule has 0 radical (unpaired) electrons. The lowest BCUT2D eigenvalue weighted by molar-refractivity contribution is -0.135. The Morgan fingerprint density at radius 1 is 1.29 bits per heavy atom. The Morgan fingerprint density at radius 2 is 2.00 bits per heavy atom. The molecule has 0 bridgehead atoms. The fourth-order valence-corrected chi connectivity index (χ4v) is 2.74. The first-order chi connectivity index (χ1) is 9.87. The number of para-hydroxylation sites is 1. The van der Waals surface area contributed by atoms with Crippen LogP contribution in [0.1, 0.15) is 32.3 Å². The summed E-state index contributed by atoms with van der Waals surface area (Å²) in [5, 5.41) is 3.51. The van der Waals surface area contributed by atoms with Crippen molar-refractivity contribution in [1.82, 2.24) is 5.32 Å². The summed E-state index contributed by atoms with van der Waals surface area (Å²) in [4.78, 5) is 2.10. The zero-order valence-corrected chi connectivity index (χ0v) is 12.6. The van der Waals surface area contributed by atoms with Crippen molar-refractivity contribution in [2.45, 2.75) is 45.5 Å². The van der Waals surface area contributed by atoms with Crippen molar-refractivity contribution < 1.29 is 13.2 Å². The van der Waals surface area contributed by atoms with Crippen LogP contribution in [-0.2, 0) is 6.54 Å². The smallest absolute Gasteiger partial charge is 0.370 e. The summed E-state index contributed by atoms with van der Waals surface area (Å²) in [6.07, 6.45) is -4.64. The van der Waals surface area contributed by atoms with Gasteiger partial charge < -0.3 is 10.2 Å². The fourth-order valence-electron chi connectivity index (χ4n) is 2.74. The van der Waals surface area contributed by atoms with E-state index >= 15 is 0 Å². The normalized spacial score (nSPS) is 19.5. The van der Waals surface area contributed by atoms with Gasteiger partial charge in [0.05, 0.1) is 0 Å². The van der Waals surface area contributed by atoms with Crippen LogP contribution < -0.4 is 10.2 Å². The molecule has 1 atom stereocenters. The minimum Gasteiger partial charge on any atom is -0.370 e. The molecule has 0 fully saturated rings. The number of hydrogen-bond donors (Lipinski definition) is 1. The van der Waals surface area contributed by atoms with E-state index < -0.39 is 12.6 Å². The molecular formula is C16H23F3N2. The summed E-state index contributed by atoms with van der Waals surface area (Å²) in [5.74, 6) is 0.449. The molecule has 1 aromatic carbocycles. The van der Waals surface area contributed by atoms with Gasteiger partial charge in [-0.3, -0.25) is 0 Å². The topological polar surface area (TPSA) is 15.3 Å². The lowest BCUT2D eigenvalue weighted by Gasteiger charge is -2.29. The standard InChI is InChI=1S/C16H23F3N2/c1-12(2)14-11-21(9-5-8-16(17,18)19)15-7-4-3-6-13(15)10-20-14/h3-4,6-7,12,14,20H,5,8-11H2,1-2H3. The van der Waals surface area contributed by atoms with Gasteiger partial charge in [0.25, 0.3) is 0 Å². The number of nitrogens with one attached hydrogen (secondary N) is 1. The highest BCUT2D eigenvalue weighted by molar-refractivity contribution is 5.54. The number of alkyl halides is 3. The predicted octanol–water partition coefficient (Wildman–Crippen LogP) is 3.96. The van der Waals surface area contributed by atoms with Crippen molar-refractivity contribution in [2.24, 2.45) is 5.92 Å². The van der Waals surface area contributed by atoms with Gasteiger partial charge in [0, 0.05) is 37.8 Å². The van der Waals surface area contributed by atoms with Crippen LogP contribution in [0, 0.1) is 5.92 Å². The molecule has 1 aliphatic rings. The molecule has 0 spiro atoms. The molecule has 21 heavy (non-hydrogen) atoms. The van der Waals surface area contributed by atoms with Gasteiger partial charge in [-0.1, -0.05) is 32.0 Å². The maximum atomic E-state index is 12.4. The van der Waals surface area contributed by atoms with Gasteiger partial charge in [0.1, 0.15) is 0 Å². The fraction of sp³-hybridized carbons (Fsp3) is 0.625. The first kappa shape index (κ1) is 16.1. The molecule has 118 valence electrons. The molecule has 1 unspecified atom stereocenters. The third kappa shape index (κ3) is 4.63. The molecule has 1 heterocycles. The van der Waals surface area contributed by atoms with Crippen molar-refractivity contribution in [1.29, 1.82) is 0 Å². The maximum absolute atomic E-state index is 12.4. The Labute approximate surface area is 124 Å². The average molecular weight is 300 g/mol. The van der Waals surface area contributed by atoms with E-state index in [1.807, 2.05) is 24.3 Å². The molecule has 5 heteroatoms. The lowest BCUT2D eigenvalue weighted by atomic mass is 10.0. The first-order valence-electron chi connectivity index (χ1n) is 7.50. The van der Waals surface area contributed by atoms with Crippen LogP contribution in [-0.4, -0.2) is 25.3 Å². The van der Waals surface area contributed by atoms with Crippen molar-refractivity contribution in [3.63, 3.8) is 0 Å². The number of hydrogen-bond acceptors (Lipinski definition) is 2. The summed E-state index contributed by atoms with van der Waals surface area (Å²) in [6.45, 7) is 6.26. The van der Waals surface area contributed by atoms with Crippen LogP contribution in [0.2, 0.25) is 0 Å². The Morgan fingerprint density at radius 3 is 2.67 bits per heavy atom. The Hall–Kier alpha value is -1.23. The molecule has 2 nitrogen and oxygen atoms in total. The van der Waals surface area contributed by atoms with E-state index in [2.05, 4.69) is 24.1 Å². The summed E-state index contributed by atoms with van der Waals surface area (Å²) < 4.78 is 37.1. The summed E-state index contributed by atoms with van der Waals surface area (Å²) >= 11 is 0. The van der Waals surface area contributed by atoms with Crippen LogP contribution in [0.25, 0.3) is 0 Å². The van der Waals surface area contributed by atoms with Gasteiger partial charge in [-0.05, 0) is 24.0 Å². The van der Waals surface area contributed by atoms with E-state index in [4.69, 9.17) is 0 Å². The second kappa shape index (κ2) is 6.69. The highest BCUT2D eigenvalue weighted by atomic mass is 19.4. The molecular weight excluding hydrogens is 277 g/mol. The first-order valence-corrected chi connectivity index (χ1v) is 7.50. The second-order valence-electron chi connectivity index (χ2n) is 6.02. The van der Waals surface area contributed by atoms with E-state index in [0.717, 1.165) is 24.3 Å². The number of halogens is 3. The van der Waals surface area contributed by atoms with Crippen molar-refractivity contribution in [2.75, 3.05) is 18.0 Å². The molecule has 0 amide bonds. The molecule has 1 aliphatic heterocycles. The van der Waals surface area contributed by atoms with Gasteiger partial charge in [-0.25, -0.2) is 0 Å². The molecule has 0 saturated carbocycles. The van der Waals surface area contributed by atoms with E-state index in [1.165, 1.54) is 0 Å². The Kier molecular flexibility index (Phi) is 5.14. The molecule has 0 saturated heterocycles. The van der Waals surface area contributed by atoms with Crippen molar-refractivity contribution in [3.8, 4) is 0 Å². The number of anilines is 1. The minimum absolute atomic E-state index is 0.142. The van der Waals surface area contributed by atoms with Crippen LogP contribution in [0.3, 0.4) is 0 Å². The molecule has 0 aromatic heterocycles. The maximum Gasteiger partial charge on any atom is 0.389 e. The number of benzene rings is 1. The zero-order valence-electron chi connectivity index (χ0n) is 12.6. The van der Waals surface area contributed by atoms with Crippen molar-refractivity contribution in [3.05, 3.63) is 29.8 Å². The summed E-state index contributed by atoms with van der Waals surface area (Å²) in [6, 6.07) is 8.27. The zero-order chi connectivity index (χ0) is 15.5. The second-order valence-corrected chi connectivity index (χ2v) is 6.02. The third-order valence-electron chi connectivity index (χ3n) is 4.00.